The van der Waals surface area contributed by atoms with Gasteiger partial charge in [-0.25, -0.2) is 4.79 Å². The summed E-state index contributed by atoms with van der Waals surface area (Å²) in [6.07, 6.45) is 2.05. The van der Waals surface area contributed by atoms with Gasteiger partial charge in [0.25, 0.3) is 0 Å². The molecule has 0 aromatic heterocycles. The molecule has 0 spiro atoms. The monoisotopic (exact) mass is 333 g/mol. The standard InChI is InChI=1S/C18H27N3O3/c1-3-9-19-18(23)21-11-6-10-20(12-13-21)17(22)14-15-7-4-5-8-16(15)24-2/h4-5,7-8H,3,6,9-14H2,1-2H3,(H,19,23). The summed E-state index contributed by atoms with van der Waals surface area (Å²) in [5.74, 6) is 0.816. The van der Waals surface area contributed by atoms with E-state index in [1.54, 1.807) is 12.0 Å². The Kier molecular flexibility index (Phi) is 6.90. The quantitative estimate of drug-likeness (QED) is 0.895. The van der Waals surface area contributed by atoms with Crippen LogP contribution in [0.25, 0.3) is 0 Å². The van der Waals surface area contributed by atoms with Gasteiger partial charge in [-0.2, -0.15) is 0 Å². The highest BCUT2D eigenvalue weighted by molar-refractivity contribution is 5.80. The van der Waals surface area contributed by atoms with Gasteiger partial charge in [-0.3, -0.25) is 4.79 Å². The molecule has 1 aromatic carbocycles. The number of hydrogen-bond donors (Lipinski definition) is 1. The summed E-state index contributed by atoms with van der Waals surface area (Å²) in [5, 5.41) is 2.90. The molecule has 24 heavy (non-hydrogen) atoms. The minimum Gasteiger partial charge on any atom is -0.496 e. The molecule has 1 aromatic rings. The fraction of sp³-hybridized carbons (Fsp3) is 0.556. The maximum Gasteiger partial charge on any atom is 0.317 e. The van der Waals surface area contributed by atoms with Crippen molar-refractivity contribution < 1.29 is 14.3 Å². The van der Waals surface area contributed by atoms with Crippen molar-refractivity contribution in [1.29, 1.82) is 0 Å². The summed E-state index contributed by atoms with van der Waals surface area (Å²) in [6.45, 7) is 5.24. The predicted molar refractivity (Wildman–Crippen MR) is 93.2 cm³/mol. The van der Waals surface area contributed by atoms with Crippen LogP contribution in [-0.4, -0.2) is 61.6 Å². The molecule has 132 valence electrons. The average molecular weight is 333 g/mol. The van der Waals surface area contributed by atoms with Crippen LogP contribution in [0.3, 0.4) is 0 Å². The third-order valence-electron chi connectivity index (χ3n) is 4.20. The van der Waals surface area contributed by atoms with E-state index in [0.717, 1.165) is 24.2 Å². The van der Waals surface area contributed by atoms with Crippen molar-refractivity contribution in [2.45, 2.75) is 26.2 Å². The van der Waals surface area contributed by atoms with Gasteiger partial charge in [-0.05, 0) is 18.9 Å². The van der Waals surface area contributed by atoms with E-state index >= 15 is 0 Å². The molecule has 1 saturated heterocycles. The van der Waals surface area contributed by atoms with E-state index in [4.69, 9.17) is 4.74 Å². The Morgan fingerprint density at radius 2 is 1.83 bits per heavy atom. The molecule has 0 aliphatic carbocycles. The number of carbonyl (C=O) groups is 2. The molecule has 0 saturated carbocycles. The largest absolute Gasteiger partial charge is 0.496 e. The Hall–Kier alpha value is -2.24. The van der Waals surface area contributed by atoms with Crippen molar-refractivity contribution in [2.24, 2.45) is 0 Å². The van der Waals surface area contributed by atoms with Crippen molar-refractivity contribution in [3.8, 4) is 5.75 Å². The van der Waals surface area contributed by atoms with E-state index in [0.29, 0.717) is 39.1 Å². The van der Waals surface area contributed by atoms with E-state index in [1.165, 1.54) is 0 Å². The first-order valence-corrected chi connectivity index (χ1v) is 8.58. The maximum absolute atomic E-state index is 12.6. The summed E-state index contributed by atoms with van der Waals surface area (Å²) < 4.78 is 5.31. The summed E-state index contributed by atoms with van der Waals surface area (Å²) in [5.41, 5.74) is 0.895. The number of carbonyl (C=O) groups excluding carboxylic acids is 2. The molecule has 0 radical (unpaired) electrons. The molecule has 1 N–H and O–H groups in total. The summed E-state index contributed by atoms with van der Waals surface area (Å²) in [6, 6.07) is 7.55. The molecule has 1 aliphatic heterocycles. The van der Waals surface area contributed by atoms with Crippen LogP contribution in [0.2, 0.25) is 0 Å². The lowest BCUT2D eigenvalue weighted by atomic mass is 10.1. The van der Waals surface area contributed by atoms with E-state index in [1.807, 2.05) is 36.1 Å². The Morgan fingerprint density at radius 1 is 1.12 bits per heavy atom. The minimum absolute atomic E-state index is 0.0316. The molecule has 1 aliphatic rings. The third-order valence-corrected chi connectivity index (χ3v) is 4.20. The highest BCUT2D eigenvalue weighted by Gasteiger charge is 2.22. The van der Waals surface area contributed by atoms with Gasteiger partial charge in [-0.1, -0.05) is 25.1 Å². The van der Waals surface area contributed by atoms with E-state index in [2.05, 4.69) is 5.32 Å². The number of nitrogens with zero attached hydrogens (tertiary/aromatic N) is 2. The van der Waals surface area contributed by atoms with Gasteiger partial charge in [-0.15, -0.1) is 0 Å². The van der Waals surface area contributed by atoms with Gasteiger partial charge in [0.15, 0.2) is 0 Å². The van der Waals surface area contributed by atoms with Crippen LogP contribution in [0, 0.1) is 0 Å². The second-order valence-corrected chi connectivity index (χ2v) is 5.94. The topological polar surface area (TPSA) is 61.9 Å². The van der Waals surface area contributed by atoms with E-state index < -0.39 is 0 Å². The maximum atomic E-state index is 12.6. The molecule has 0 atom stereocenters. The molecular weight excluding hydrogens is 306 g/mol. The normalized spacial score (nSPS) is 14.9. The summed E-state index contributed by atoms with van der Waals surface area (Å²) >= 11 is 0. The lowest BCUT2D eigenvalue weighted by molar-refractivity contribution is -0.130. The fourth-order valence-electron chi connectivity index (χ4n) is 2.84. The zero-order chi connectivity index (χ0) is 17.4. The summed E-state index contributed by atoms with van der Waals surface area (Å²) in [4.78, 5) is 28.3. The average Bonchev–Trinajstić information content (AvgIpc) is 2.86. The second kappa shape index (κ2) is 9.15. The number of nitrogens with one attached hydrogen (secondary N) is 1. The third kappa shape index (κ3) is 4.88. The first-order chi connectivity index (χ1) is 11.7. The highest BCUT2D eigenvalue weighted by Crippen LogP contribution is 2.19. The van der Waals surface area contributed by atoms with Crippen LogP contribution >= 0.6 is 0 Å². The first kappa shape index (κ1) is 18.1. The van der Waals surface area contributed by atoms with Crippen molar-refractivity contribution in [2.75, 3.05) is 39.8 Å². The zero-order valence-corrected chi connectivity index (χ0v) is 14.6. The highest BCUT2D eigenvalue weighted by atomic mass is 16.5. The number of rotatable bonds is 5. The Balaban J connectivity index is 1.91. The van der Waals surface area contributed by atoms with Crippen LogP contribution < -0.4 is 10.1 Å². The number of amides is 3. The van der Waals surface area contributed by atoms with Crippen molar-refractivity contribution >= 4 is 11.9 Å². The number of hydrogen-bond acceptors (Lipinski definition) is 3. The van der Waals surface area contributed by atoms with Crippen LogP contribution in [0.15, 0.2) is 24.3 Å². The smallest absolute Gasteiger partial charge is 0.317 e. The molecule has 6 heteroatoms. The first-order valence-electron chi connectivity index (χ1n) is 8.58. The van der Waals surface area contributed by atoms with Gasteiger partial charge in [0, 0.05) is 38.3 Å². The van der Waals surface area contributed by atoms with Crippen LogP contribution in [0.5, 0.6) is 5.75 Å². The number of benzene rings is 1. The molecule has 1 heterocycles. The molecule has 1 fully saturated rings. The molecule has 3 amide bonds. The van der Waals surface area contributed by atoms with Crippen molar-refractivity contribution in [1.82, 2.24) is 15.1 Å². The number of urea groups is 1. The lowest BCUT2D eigenvalue weighted by Gasteiger charge is -2.22. The Bertz CT molecular complexity index is 562. The zero-order valence-electron chi connectivity index (χ0n) is 14.6. The van der Waals surface area contributed by atoms with E-state index in [9.17, 15) is 9.59 Å². The van der Waals surface area contributed by atoms with Crippen LogP contribution in [0.4, 0.5) is 4.79 Å². The molecule has 2 rings (SSSR count). The molecule has 0 unspecified atom stereocenters. The molecule has 6 nitrogen and oxygen atoms in total. The fourth-order valence-corrected chi connectivity index (χ4v) is 2.84. The van der Waals surface area contributed by atoms with E-state index in [-0.39, 0.29) is 11.9 Å². The number of methoxy groups -OCH3 is 1. The minimum atomic E-state index is -0.0316. The Morgan fingerprint density at radius 3 is 2.58 bits per heavy atom. The van der Waals surface area contributed by atoms with Gasteiger partial charge >= 0.3 is 6.03 Å². The van der Waals surface area contributed by atoms with Crippen molar-refractivity contribution in [3.05, 3.63) is 29.8 Å². The van der Waals surface area contributed by atoms with Gasteiger partial charge in [0.2, 0.25) is 5.91 Å². The molecule has 0 bridgehead atoms. The number of para-hydroxylation sites is 1. The van der Waals surface area contributed by atoms with Crippen molar-refractivity contribution in [3.63, 3.8) is 0 Å². The lowest BCUT2D eigenvalue weighted by Crippen LogP contribution is -2.43. The van der Waals surface area contributed by atoms with Gasteiger partial charge in [0.05, 0.1) is 13.5 Å². The molecular formula is C18H27N3O3. The van der Waals surface area contributed by atoms with Crippen LogP contribution in [-0.2, 0) is 11.2 Å². The van der Waals surface area contributed by atoms with Gasteiger partial charge < -0.3 is 19.9 Å². The van der Waals surface area contributed by atoms with Gasteiger partial charge in [0.1, 0.15) is 5.75 Å². The predicted octanol–water partition coefficient (Wildman–Crippen LogP) is 1.89. The second-order valence-electron chi connectivity index (χ2n) is 5.94. The van der Waals surface area contributed by atoms with Crippen LogP contribution in [0.1, 0.15) is 25.3 Å². The SMILES string of the molecule is CCCNC(=O)N1CCCN(C(=O)Cc2ccccc2OC)CC1. The number of ether oxygens (including phenoxy) is 1. The Labute approximate surface area is 143 Å². The summed E-state index contributed by atoms with van der Waals surface area (Å²) in [7, 11) is 1.61.